The fraction of sp³-hybridized carbons (Fsp3) is 0.250. The van der Waals surface area contributed by atoms with Crippen molar-refractivity contribution >= 4 is 22.8 Å². The normalized spacial score (nSPS) is 13.4. The number of nitrogens with one attached hydrogen (secondary N) is 1. The summed E-state index contributed by atoms with van der Waals surface area (Å²) < 4.78 is 1.94. The molecule has 0 unspecified atom stereocenters. The maximum absolute atomic E-state index is 12.8. The molecule has 1 aromatic heterocycles. The van der Waals surface area contributed by atoms with Crippen LogP contribution in [-0.4, -0.2) is 39.4 Å². The molecule has 172 valence electrons. The highest BCUT2D eigenvalue weighted by Crippen LogP contribution is 2.20. The molecule has 3 aromatic carbocycles. The van der Waals surface area contributed by atoms with Crippen LogP contribution in [0.5, 0.6) is 0 Å². The van der Waals surface area contributed by atoms with E-state index in [1.165, 1.54) is 0 Å². The second kappa shape index (κ2) is 9.91. The lowest BCUT2D eigenvalue weighted by Gasteiger charge is -2.17. The van der Waals surface area contributed by atoms with Crippen LogP contribution in [0.15, 0.2) is 78.9 Å². The Hall–Kier alpha value is -3.93. The maximum Gasteiger partial charge on any atom is 0.242 e. The fourth-order valence-corrected chi connectivity index (χ4v) is 4.51. The van der Waals surface area contributed by atoms with E-state index < -0.39 is 0 Å². The minimum atomic E-state index is -0.0723. The number of fused-ring (bicyclic) bond motifs is 1. The Kier molecular flexibility index (Phi) is 6.38. The fourth-order valence-electron chi connectivity index (χ4n) is 4.51. The van der Waals surface area contributed by atoms with Gasteiger partial charge in [-0.1, -0.05) is 66.7 Å². The third-order valence-electron chi connectivity index (χ3n) is 6.36. The van der Waals surface area contributed by atoms with Gasteiger partial charge >= 0.3 is 0 Å². The molecule has 2 amide bonds. The number of hydrogen-bond acceptors (Lipinski definition) is 3. The summed E-state index contributed by atoms with van der Waals surface area (Å²) in [4.78, 5) is 32.1. The van der Waals surface area contributed by atoms with Gasteiger partial charge in [0.05, 0.1) is 24.0 Å². The first-order valence-electron chi connectivity index (χ1n) is 11.8. The Labute approximate surface area is 199 Å². The predicted molar refractivity (Wildman–Crippen MR) is 133 cm³/mol. The van der Waals surface area contributed by atoms with E-state index in [0.717, 1.165) is 53.7 Å². The summed E-state index contributed by atoms with van der Waals surface area (Å²) in [5.74, 6) is 0.727. The smallest absolute Gasteiger partial charge is 0.242 e. The lowest BCUT2D eigenvalue weighted by Crippen LogP contribution is -2.32. The minimum Gasteiger partial charge on any atom is -0.349 e. The molecule has 4 aromatic rings. The number of carbonyl (C=O) groups excluding carboxylic acids is 2. The monoisotopic (exact) mass is 452 g/mol. The van der Waals surface area contributed by atoms with Gasteiger partial charge in [-0.15, -0.1) is 0 Å². The number of likely N-dealkylation sites (tertiary alicyclic amines) is 1. The standard InChI is InChI=1S/C28H28N4O2/c33-27(18-21-12-14-23(15-13-21)22-8-2-1-3-9-22)29-19-26-30-24-10-4-5-11-25(24)32(26)20-28(34)31-16-6-7-17-31/h1-5,8-15H,6-7,16-20H2,(H,29,33). The van der Waals surface area contributed by atoms with Gasteiger partial charge in [-0.2, -0.15) is 0 Å². The number of carbonyl (C=O) groups is 2. The third kappa shape index (κ3) is 4.86. The summed E-state index contributed by atoms with van der Waals surface area (Å²) in [6.07, 6.45) is 2.42. The van der Waals surface area contributed by atoms with Crippen LogP contribution in [0.1, 0.15) is 24.2 Å². The highest BCUT2D eigenvalue weighted by molar-refractivity contribution is 5.82. The van der Waals surface area contributed by atoms with Crippen molar-refractivity contribution in [3.8, 4) is 11.1 Å². The van der Waals surface area contributed by atoms with Gasteiger partial charge in [-0.05, 0) is 41.7 Å². The van der Waals surface area contributed by atoms with Crippen molar-refractivity contribution in [1.82, 2.24) is 19.8 Å². The van der Waals surface area contributed by atoms with Crippen molar-refractivity contribution in [2.24, 2.45) is 0 Å². The van der Waals surface area contributed by atoms with E-state index in [1.54, 1.807) is 0 Å². The van der Waals surface area contributed by atoms with Gasteiger partial charge in [0.25, 0.3) is 0 Å². The number of para-hydroxylation sites is 2. The zero-order chi connectivity index (χ0) is 23.3. The molecule has 1 saturated heterocycles. The molecule has 0 atom stereocenters. The van der Waals surface area contributed by atoms with Gasteiger partial charge in [0.2, 0.25) is 11.8 Å². The van der Waals surface area contributed by atoms with Crippen LogP contribution in [0.4, 0.5) is 0 Å². The van der Waals surface area contributed by atoms with Crippen molar-refractivity contribution in [2.45, 2.75) is 32.4 Å². The quantitative estimate of drug-likeness (QED) is 0.457. The molecule has 1 N–H and O–H groups in total. The number of aromatic nitrogens is 2. The van der Waals surface area contributed by atoms with Crippen LogP contribution < -0.4 is 5.32 Å². The Morgan fingerprint density at radius 2 is 1.50 bits per heavy atom. The lowest BCUT2D eigenvalue weighted by molar-refractivity contribution is -0.130. The maximum atomic E-state index is 12.8. The van der Waals surface area contributed by atoms with Gasteiger partial charge in [-0.25, -0.2) is 4.98 Å². The van der Waals surface area contributed by atoms with Crippen LogP contribution in [0.3, 0.4) is 0 Å². The largest absolute Gasteiger partial charge is 0.349 e. The van der Waals surface area contributed by atoms with Crippen LogP contribution in [-0.2, 0) is 29.1 Å². The molecule has 2 heterocycles. The summed E-state index contributed by atoms with van der Waals surface area (Å²) in [5, 5.41) is 2.99. The molecular weight excluding hydrogens is 424 g/mol. The van der Waals surface area contributed by atoms with Crippen LogP contribution in [0.2, 0.25) is 0 Å². The van der Waals surface area contributed by atoms with Gasteiger partial charge in [-0.3, -0.25) is 9.59 Å². The second-order valence-electron chi connectivity index (χ2n) is 8.71. The number of nitrogens with zero attached hydrogens (tertiary/aromatic N) is 3. The van der Waals surface area contributed by atoms with E-state index in [4.69, 9.17) is 4.98 Å². The molecule has 1 aliphatic heterocycles. The predicted octanol–water partition coefficient (Wildman–Crippen LogP) is 4.18. The molecule has 0 saturated carbocycles. The first-order valence-corrected chi connectivity index (χ1v) is 11.8. The Balaban J connectivity index is 1.25. The molecule has 1 aliphatic rings. The highest BCUT2D eigenvalue weighted by Gasteiger charge is 2.21. The molecule has 0 bridgehead atoms. The minimum absolute atomic E-state index is 0.0723. The summed E-state index contributed by atoms with van der Waals surface area (Å²) >= 11 is 0. The number of amides is 2. The van der Waals surface area contributed by atoms with Gasteiger partial charge < -0.3 is 14.8 Å². The lowest BCUT2D eigenvalue weighted by atomic mass is 10.0. The molecule has 6 heteroatoms. The van der Waals surface area contributed by atoms with Gasteiger partial charge in [0.15, 0.2) is 0 Å². The van der Waals surface area contributed by atoms with E-state index in [0.29, 0.717) is 12.2 Å². The second-order valence-corrected chi connectivity index (χ2v) is 8.71. The summed E-state index contributed by atoms with van der Waals surface area (Å²) in [6, 6.07) is 26.0. The van der Waals surface area contributed by atoms with Crippen LogP contribution in [0, 0.1) is 0 Å². The van der Waals surface area contributed by atoms with Crippen LogP contribution >= 0.6 is 0 Å². The van der Waals surface area contributed by atoms with Crippen molar-refractivity contribution < 1.29 is 9.59 Å². The topological polar surface area (TPSA) is 67.2 Å². The molecule has 5 rings (SSSR count). The molecule has 34 heavy (non-hydrogen) atoms. The summed E-state index contributed by atoms with van der Waals surface area (Å²) in [7, 11) is 0. The van der Waals surface area contributed by atoms with Gasteiger partial charge in [0, 0.05) is 13.1 Å². The molecule has 6 nitrogen and oxygen atoms in total. The van der Waals surface area contributed by atoms with E-state index in [-0.39, 0.29) is 24.9 Å². The Bertz CT molecular complexity index is 1290. The number of rotatable bonds is 7. The zero-order valence-electron chi connectivity index (χ0n) is 19.1. The van der Waals surface area contributed by atoms with Crippen LogP contribution in [0.25, 0.3) is 22.2 Å². The molecule has 1 fully saturated rings. The average molecular weight is 453 g/mol. The molecule has 0 radical (unpaired) electrons. The zero-order valence-corrected chi connectivity index (χ0v) is 19.1. The Morgan fingerprint density at radius 1 is 0.824 bits per heavy atom. The number of imidazole rings is 1. The first kappa shape index (κ1) is 21.9. The van der Waals surface area contributed by atoms with Crippen molar-refractivity contribution in [3.05, 3.63) is 90.3 Å². The van der Waals surface area contributed by atoms with Crippen molar-refractivity contribution in [3.63, 3.8) is 0 Å². The molecular formula is C28H28N4O2. The van der Waals surface area contributed by atoms with Crippen molar-refractivity contribution in [2.75, 3.05) is 13.1 Å². The van der Waals surface area contributed by atoms with E-state index in [2.05, 4.69) is 17.4 Å². The third-order valence-corrected chi connectivity index (χ3v) is 6.36. The number of hydrogen-bond donors (Lipinski definition) is 1. The highest BCUT2D eigenvalue weighted by atomic mass is 16.2. The average Bonchev–Trinajstić information content (AvgIpc) is 3.53. The number of benzene rings is 3. The summed E-state index contributed by atoms with van der Waals surface area (Å²) in [6.45, 7) is 2.16. The van der Waals surface area contributed by atoms with E-state index >= 15 is 0 Å². The Morgan fingerprint density at radius 3 is 2.26 bits per heavy atom. The van der Waals surface area contributed by atoms with Gasteiger partial charge in [0.1, 0.15) is 12.4 Å². The van der Waals surface area contributed by atoms with E-state index in [9.17, 15) is 9.59 Å². The molecule has 0 aliphatic carbocycles. The summed E-state index contributed by atoms with van der Waals surface area (Å²) in [5.41, 5.74) is 4.98. The van der Waals surface area contributed by atoms with Crippen molar-refractivity contribution in [1.29, 1.82) is 0 Å². The van der Waals surface area contributed by atoms with E-state index in [1.807, 2.05) is 76.2 Å². The molecule has 0 spiro atoms. The first-order chi connectivity index (χ1) is 16.7. The SMILES string of the molecule is O=C(Cc1ccc(-c2ccccc2)cc1)NCc1nc2ccccc2n1CC(=O)N1CCCC1.